The summed E-state index contributed by atoms with van der Waals surface area (Å²) >= 11 is 7.34. The Morgan fingerprint density at radius 3 is 2.79 bits per heavy atom. The first-order chi connectivity index (χ1) is 9.00. The molecule has 1 aromatic carbocycles. The van der Waals surface area contributed by atoms with Crippen molar-refractivity contribution in [3.05, 3.63) is 54.2 Å². The fourth-order valence-corrected chi connectivity index (χ4v) is 3.48. The van der Waals surface area contributed by atoms with Gasteiger partial charge < -0.3 is 4.90 Å². The van der Waals surface area contributed by atoms with E-state index in [0.29, 0.717) is 5.56 Å². The second-order valence-electron chi connectivity index (χ2n) is 4.23. The van der Waals surface area contributed by atoms with Crippen LogP contribution < -0.4 is 0 Å². The quantitative estimate of drug-likeness (QED) is 0.607. The number of nitrogens with zero attached hydrogens (tertiary/aromatic N) is 1. The maximum atomic E-state index is 12.6. The zero-order chi connectivity index (χ0) is 14.0. The van der Waals surface area contributed by atoms with Gasteiger partial charge in [-0.2, -0.15) is 0 Å². The van der Waals surface area contributed by atoms with Crippen LogP contribution in [0.3, 0.4) is 0 Å². The average molecular weight is 450 g/mol. The van der Waals surface area contributed by atoms with Crippen molar-refractivity contribution >= 4 is 55.8 Å². The molecule has 0 spiro atoms. The largest absolute Gasteiger partial charge is 0.334 e. The van der Waals surface area contributed by atoms with E-state index in [1.807, 2.05) is 43.6 Å². The van der Waals surface area contributed by atoms with E-state index in [9.17, 15) is 4.79 Å². The number of hydrogen-bond acceptors (Lipinski definition) is 2. The second kappa shape index (κ2) is 6.37. The summed E-state index contributed by atoms with van der Waals surface area (Å²) in [7, 11) is 1.85. The number of carbonyl (C=O) groups excluding carboxylic acids is 1. The van der Waals surface area contributed by atoms with Gasteiger partial charge in [0.25, 0.3) is 5.91 Å². The predicted molar refractivity (Wildman–Crippen MR) is 91.7 cm³/mol. The van der Waals surface area contributed by atoms with Crippen molar-refractivity contribution < 1.29 is 4.79 Å². The van der Waals surface area contributed by atoms with E-state index in [2.05, 4.69) is 44.6 Å². The highest BCUT2D eigenvalue weighted by molar-refractivity contribution is 14.1. The van der Waals surface area contributed by atoms with Gasteiger partial charge >= 0.3 is 0 Å². The molecule has 5 heteroatoms. The highest BCUT2D eigenvalue weighted by Gasteiger charge is 2.21. The van der Waals surface area contributed by atoms with Gasteiger partial charge in [-0.3, -0.25) is 4.79 Å². The van der Waals surface area contributed by atoms with Gasteiger partial charge in [-0.05, 0) is 75.1 Å². The summed E-state index contributed by atoms with van der Waals surface area (Å²) < 4.78 is 1.89. The molecule has 0 aliphatic heterocycles. The fourth-order valence-electron chi connectivity index (χ4n) is 1.75. The summed E-state index contributed by atoms with van der Waals surface area (Å²) in [6, 6.07) is 9.95. The van der Waals surface area contributed by atoms with E-state index in [1.54, 1.807) is 16.2 Å². The molecule has 1 unspecified atom stereocenters. The zero-order valence-corrected chi connectivity index (χ0v) is 15.1. The minimum absolute atomic E-state index is 0.0336. The van der Waals surface area contributed by atoms with Crippen LogP contribution >= 0.6 is 49.9 Å². The number of benzene rings is 1. The predicted octanol–water partition coefficient (Wildman–Crippen LogP) is 4.95. The highest BCUT2D eigenvalue weighted by Crippen LogP contribution is 2.27. The summed E-state index contributed by atoms with van der Waals surface area (Å²) in [5.41, 5.74) is 0.706. The molecule has 19 heavy (non-hydrogen) atoms. The minimum atomic E-state index is 0.0336. The Morgan fingerprint density at radius 2 is 2.16 bits per heavy atom. The van der Waals surface area contributed by atoms with Gasteiger partial charge in [-0.15, -0.1) is 11.3 Å². The fraction of sp³-hybridized carbons (Fsp3) is 0.214. The first kappa shape index (κ1) is 15.0. The molecule has 0 aliphatic carbocycles. The lowest BCUT2D eigenvalue weighted by Crippen LogP contribution is -2.29. The molecule has 0 saturated carbocycles. The van der Waals surface area contributed by atoms with E-state index >= 15 is 0 Å². The minimum Gasteiger partial charge on any atom is -0.334 e. The molecule has 1 amide bonds. The summed E-state index contributed by atoms with van der Waals surface area (Å²) in [5.74, 6) is 0.0336. The lowest BCUT2D eigenvalue weighted by molar-refractivity contribution is 0.0744. The maximum absolute atomic E-state index is 12.6. The molecule has 1 heterocycles. The summed E-state index contributed by atoms with van der Waals surface area (Å²) in [5, 5.41) is 2.03. The standard InChI is InChI=1S/C14H13BrINOS/c1-9(13-4-3-7-19-13)17(2)14(18)11-8-10(16)5-6-12(11)15/h3-9H,1-2H3. The monoisotopic (exact) mass is 449 g/mol. The number of rotatable bonds is 3. The molecule has 1 atom stereocenters. The molecule has 1 aromatic heterocycles. The molecule has 2 nitrogen and oxygen atoms in total. The van der Waals surface area contributed by atoms with Crippen LogP contribution in [0.1, 0.15) is 28.2 Å². The van der Waals surface area contributed by atoms with E-state index in [1.165, 1.54) is 4.88 Å². The van der Waals surface area contributed by atoms with E-state index in [4.69, 9.17) is 0 Å². The van der Waals surface area contributed by atoms with Crippen LogP contribution in [0.25, 0.3) is 0 Å². The Hall–Kier alpha value is -0.400. The smallest absolute Gasteiger partial charge is 0.255 e. The first-order valence-corrected chi connectivity index (χ1v) is 8.51. The molecular weight excluding hydrogens is 437 g/mol. The molecule has 0 bridgehead atoms. The first-order valence-electron chi connectivity index (χ1n) is 5.76. The van der Waals surface area contributed by atoms with Crippen LogP contribution in [0.4, 0.5) is 0 Å². The highest BCUT2D eigenvalue weighted by atomic mass is 127. The van der Waals surface area contributed by atoms with Crippen LogP contribution in [-0.2, 0) is 0 Å². The zero-order valence-electron chi connectivity index (χ0n) is 10.6. The number of thiophene rings is 1. The van der Waals surface area contributed by atoms with Crippen molar-refractivity contribution in [3.8, 4) is 0 Å². The Balaban J connectivity index is 2.26. The SMILES string of the molecule is CC(c1cccs1)N(C)C(=O)c1cc(I)ccc1Br. The average Bonchev–Trinajstić information content (AvgIpc) is 2.93. The Morgan fingerprint density at radius 1 is 1.42 bits per heavy atom. The third-order valence-corrected chi connectivity index (χ3v) is 5.42. The molecule has 0 saturated heterocycles. The molecule has 2 aromatic rings. The third-order valence-electron chi connectivity index (χ3n) is 3.02. The molecule has 0 N–H and O–H groups in total. The van der Waals surface area contributed by atoms with Gasteiger partial charge in [0.15, 0.2) is 0 Å². The second-order valence-corrected chi connectivity index (χ2v) is 7.31. The van der Waals surface area contributed by atoms with Crippen LogP contribution in [0.5, 0.6) is 0 Å². The number of carbonyl (C=O) groups is 1. The topological polar surface area (TPSA) is 20.3 Å². The lowest BCUT2D eigenvalue weighted by atomic mass is 10.1. The summed E-state index contributed by atoms with van der Waals surface area (Å²) in [4.78, 5) is 15.5. The van der Waals surface area contributed by atoms with E-state index in [0.717, 1.165) is 8.04 Å². The van der Waals surface area contributed by atoms with Crippen molar-refractivity contribution in [2.75, 3.05) is 7.05 Å². The molecule has 0 radical (unpaired) electrons. The number of amides is 1. The molecule has 0 aliphatic rings. The summed E-state index contributed by atoms with van der Waals surface area (Å²) in [6.45, 7) is 2.05. The molecule has 2 rings (SSSR count). The number of hydrogen-bond donors (Lipinski definition) is 0. The van der Waals surface area contributed by atoms with Gasteiger partial charge in [0, 0.05) is 20.0 Å². The third kappa shape index (κ3) is 3.38. The van der Waals surface area contributed by atoms with Gasteiger partial charge in [-0.1, -0.05) is 6.07 Å². The van der Waals surface area contributed by atoms with Crippen molar-refractivity contribution in [3.63, 3.8) is 0 Å². The van der Waals surface area contributed by atoms with Crippen molar-refractivity contribution in [2.45, 2.75) is 13.0 Å². The van der Waals surface area contributed by atoms with E-state index < -0.39 is 0 Å². The molecular formula is C14H13BrINOS. The maximum Gasteiger partial charge on any atom is 0.255 e. The normalized spacial score (nSPS) is 12.2. The van der Waals surface area contributed by atoms with Gasteiger partial charge in [0.05, 0.1) is 11.6 Å². The summed E-state index contributed by atoms with van der Waals surface area (Å²) in [6.07, 6.45) is 0. The Kier molecular flexibility index (Phi) is 5.03. The molecule has 100 valence electrons. The Labute approximate surface area is 139 Å². The Bertz CT molecular complexity index is 585. The van der Waals surface area contributed by atoms with Crippen LogP contribution in [0.15, 0.2) is 40.2 Å². The van der Waals surface area contributed by atoms with Crippen molar-refractivity contribution in [2.24, 2.45) is 0 Å². The number of halogens is 2. The van der Waals surface area contributed by atoms with Gasteiger partial charge in [0.1, 0.15) is 0 Å². The van der Waals surface area contributed by atoms with Crippen LogP contribution in [0.2, 0.25) is 0 Å². The van der Waals surface area contributed by atoms with Crippen molar-refractivity contribution in [1.29, 1.82) is 0 Å². The van der Waals surface area contributed by atoms with Gasteiger partial charge in [-0.25, -0.2) is 0 Å². The van der Waals surface area contributed by atoms with Crippen LogP contribution in [-0.4, -0.2) is 17.9 Å². The van der Waals surface area contributed by atoms with Gasteiger partial charge in [0.2, 0.25) is 0 Å². The van der Waals surface area contributed by atoms with Crippen molar-refractivity contribution in [1.82, 2.24) is 4.90 Å². The molecule has 0 fully saturated rings. The van der Waals surface area contributed by atoms with E-state index in [-0.39, 0.29) is 11.9 Å². The lowest BCUT2D eigenvalue weighted by Gasteiger charge is -2.24. The van der Waals surface area contributed by atoms with Crippen LogP contribution in [0, 0.1) is 3.57 Å².